The molecule has 0 bridgehead atoms. The van der Waals surface area contributed by atoms with Crippen LogP contribution in [0.15, 0.2) is 24.3 Å². The number of aldehydes is 1. The number of hydrogen-bond donors (Lipinski definition) is 2. The smallest absolute Gasteiger partial charge is 0.283 e. The Hall–Kier alpha value is -1.03. The summed E-state index contributed by atoms with van der Waals surface area (Å²) in [6.45, 7) is 0. The zero-order valence-electron chi connectivity index (χ0n) is 7.72. The molecule has 0 amide bonds. The third-order valence-electron chi connectivity index (χ3n) is 2.15. The molecule has 0 aromatic heterocycles. The van der Waals surface area contributed by atoms with Crippen molar-refractivity contribution >= 4 is 26.5 Å². The summed E-state index contributed by atoms with van der Waals surface area (Å²) in [5, 5.41) is -2.06. The van der Waals surface area contributed by atoms with Crippen LogP contribution in [0.1, 0.15) is 0 Å². The van der Waals surface area contributed by atoms with Crippen LogP contribution in [-0.4, -0.2) is 42.2 Å². The highest BCUT2D eigenvalue weighted by atomic mass is 32.2. The Bertz CT molecular complexity index is 554. The molecule has 1 aliphatic carbocycles. The second kappa shape index (κ2) is 3.77. The molecule has 0 fully saturated rings. The van der Waals surface area contributed by atoms with E-state index in [2.05, 4.69) is 0 Å². The Morgan fingerprint density at radius 2 is 1.69 bits per heavy atom. The molecule has 0 aromatic rings. The molecule has 9 heteroatoms. The van der Waals surface area contributed by atoms with Crippen molar-refractivity contribution in [2.75, 3.05) is 0 Å². The number of carbonyl (C=O) groups is 1. The first-order chi connectivity index (χ1) is 7.15. The molecule has 0 heterocycles. The lowest BCUT2D eigenvalue weighted by Crippen LogP contribution is -2.52. The minimum atomic E-state index is -5.02. The topological polar surface area (TPSA) is 126 Å². The molecule has 0 radical (unpaired) electrons. The predicted molar refractivity (Wildman–Crippen MR) is 54.0 cm³/mol. The van der Waals surface area contributed by atoms with Gasteiger partial charge in [-0.2, -0.15) is 16.8 Å². The number of rotatable bonds is 3. The van der Waals surface area contributed by atoms with Gasteiger partial charge in [-0.25, -0.2) is 0 Å². The van der Waals surface area contributed by atoms with E-state index >= 15 is 0 Å². The predicted octanol–water partition coefficient (Wildman–Crippen LogP) is -0.806. The molecule has 0 aromatic carbocycles. The van der Waals surface area contributed by atoms with Gasteiger partial charge in [-0.3, -0.25) is 9.11 Å². The van der Waals surface area contributed by atoms with Crippen LogP contribution in [0.25, 0.3) is 0 Å². The van der Waals surface area contributed by atoms with E-state index in [0.717, 1.165) is 18.2 Å². The van der Waals surface area contributed by atoms with Crippen LogP contribution in [-0.2, 0) is 25.0 Å². The second-order valence-corrected chi connectivity index (χ2v) is 6.32. The number of allylic oxidation sites excluding steroid dienone is 2. The summed E-state index contributed by atoms with van der Waals surface area (Å²) in [7, 11) is -9.85. The van der Waals surface area contributed by atoms with E-state index in [4.69, 9.17) is 9.11 Å². The van der Waals surface area contributed by atoms with Gasteiger partial charge in [0.25, 0.3) is 20.2 Å². The van der Waals surface area contributed by atoms with Crippen LogP contribution in [0.4, 0.5) is 0 Å². The summed E-state index contributed by atoms with van der Waals surface area (Å²) in [4.78, 5) is 10.8. The van der Waals surface area contributed by atoms with Crippen LogP contribution < -0.4 is 0 Å². The maximum Gasteiger partial charge on any atom is 0.283 e. The normalized spacial score (nSPS) is 30.2. The summed E-state index contributed by atoms with van der Waals surface area (Å²) >= 11 is 0. The van der Waals surface area contributed by atoms with E-state index in [9.17, 15) is 21.6 Å². The molecule has 7 nitrogen and oxygen atoms in total. The van der Waals surface area contributed by atoms with Gasteiger partial charge in [0.1, 0.15) is 11.5 Å². The Morgan fingerprint density at radius 3 is 2.00 bits per heavy atom. The summed E-state index contributed by atoms with van der Waals surface area (Å²) in [5.41, 5.74) is 0. The first-order valence-corrected chi connectivity index (χ1v) is 6.85. The van der Waals surface area contributed by atoms with Gasteiger partial charge < -0.3 is 4.79 Å². The molecule has 2 N–H and O–H groups in total. The minimum absolute atomic E-state index is 0.235. The Balaban J connectivity index is 3.56. The third-order valence-corrected chi connectivity index (χ3v) is 4.87. The van der Waals surface area contributed by atoms with Crippen molar-refractivity contribution in [2.45, 2.75) is 10.00 Å². The molecular formula is C7H8O7S2. The largest absolute Gasteiger partial charge is 0.301 e. The van der Waals surface area contributed by atoms with E-state index in [0.29, 0.717) is 6.08 Å². The molecule has 16 heavy (non-hydrogen) atoms. The van der Waals surface area contributed by atoms with Crippen LogP contribution in [0.5, 0.6) is 0 Å². The molecule has 0 aliphatic heterocycles. The fourth-order valence-electron chi connectivity index (χ4n) is 1.35. The molecular weight excluding hydrogens is 260 g/mol. The fourth-order valence-corrected chi connectivity index (χ4v) is 3.71. The highest BCUT2D eigenvalue weighted by Gasteiger charge is 2.53. The highest BCUT2D eigenvalue weighted by Crippen LogP contribution is 2.29. The fraction of sp³-hybridized carbons (Fsp3) is 0.286. The average Bonchev–Trinajstić information content (AvgIpc) is 2.14. The van der Waals surface area contributed by atoms with Crippen LogP contribution in [0.3, 0.4) is 0 Å². The van der Waals surface area contributed by atoms with E-state index in [1.165, 1.54) is 0 Å². The summed E-state index contributed by atoms with van der Waals surface area (Å²) in [6, 6.07) is 0. The minimum Gasteiger partial charge on any atom is -0.301 e. The van der Waals surface area contributed by atoms with Crippen molar-refractivity contribution < 1.29 is 30.7 Å². The lowest BCUT2D eigenvalue weighted by atomic mass is 10.0. The third kappa shape index (κ3) is 1.94. The number of hydrogen-bond acceptors (Lipinski definition) is 5. The van der Waals surface area contributed by atoms with Crippen molar-refractivity contribution in [2.24, 2.45) is 0 Å². The van der Waals surface area contributed by atoms with Crippen molar-refractivity contribution in [3.05, 3.63) is 24.3 Å². The van der Waals surface area contributed by atoms with Gasteiger partial charge in [-0.1, -0.05) is 24.3 Å². The Kier molecular flexibility index (Phi) is 3.07. The molecule has 0 spiro atoms. The quantitative estimate of drug-likeness (QED) is 0.506. The van der Waals surface area contributed by atoms with Crippen LogP contribution in [0, 0.1) is 0 Å². The Labute approximate surface area is 92.0 Å². The summed E-state index contributed by atoms with van der Waals surface area (Å²) in [5.74, 6) is 0. The maximum absolute atomic E-state index is 11.1. The van der Waals surface area contributed by atoms with E-state index in [1.807, 2.05) is 0 Å². The SMILES string of the molecule is O=CC1(S(=O)(=O)O)C=CC=CC1S(=O)(=O)O. The molecule has 90 valence electrons. The summed E-state index contributed by atoms with van der Waals surface area (Å²) < 4.78 is 59.0. The van der Waals surface area contributed by atoms with Gasteiger partial charge in [0.2, 0.25) is 0 Å². The molecule has 2 atom stereocenters. The molecule has 1 rings (SSSR count). The zero-order chi connectivity index (χ0) is 12.6. The zero-order valence-corrected chi connectivity index (χ0v) is 9.35. The van der Waals surface area contributed by atoms with Crippen LogP contribution in [0.2, 0.25) is 0 Å². The van der Waals surface area contributed by atoms with Gasteiger partial charge in [0, 0.05) is 0 Å². The Morgan fingerprint density at radius 1 is 1.12 bits per heavy atom. The van der Waals surface area contributed by atoms with Crippen molar-refractivity contribution in [1.29, 1.82) is 0 Å². The highest BCUT2D eigenvalue weighted by molar-refractivity contribution is 7.92. The van der Waals surface area contributed by atoms with E-state index in [-0.39, 0.29) is 6.29 Å². The standard InChI is InChI=1S/C7H8O7S2/c8-5-7(16(12,13)14)4-2-1-3-6(7)15(9,10)11/h1-6H,(H,9,10,11)(H,12,13,14). The van der Waals surface area contributed by atoms with E-state index < -0.39 is 30.2 Å². The van der Waals surface area contributed by atoms with Crippen molar-refractivity contribution in [1.82, 2.24) is 0 Å². The van der Waals surface area contributed by atoms with Crippen molar-refractivity contribution in [3.63, 3.8) is 0 Å². The average molecular weight is 268 g/mol. The molecule has 2 unspecified atom stereocenters. The molecule has 0 saturated carbocycles. The van der Waals surface area contributed by atoms with Gasteiger partial charge >= 0.3 is 0 Å². The van der Waals surface area contributed by atoms with Gasteiger partial charge in [-0.15, -0.1) is 0 Å². The maximum atomic E-state index is 11.1. The van der Waals surface area contributed by atoms with E-state index in [1.54, 1.807) is 0 Å². The van der Waals surface area contributed by atoms with Gasteiger partial charge in [0.15, 0.2) is 4.75 Å². The lowest BCUT2D eigenvalue weighted by Gasteiger charge is -2.27. The molecule has 1 aliphatic rings. The van der Waals surface area contributed by atoms with Gasteiger partial charge in [0.05, 0.1) is 0 Å². The monoisotopic (exact) mass is 268 g/mol. The molecule has 0 saturated heterocycles. The number of carbonyl (C=O) groups excluding carboxylic acids is 1. The van der Waals surface area contributed by atoms with Crippen LogP contribution >= 0.6 is 0 Å². The second-order valence-electron chi connectivity index (χ2n) is 3.13. The van der Waals surface area contributed by atoms with Gasteiger partial charge in [-0.05, 0) is 0 Å². The van der Waals surface area contributed by atoms with Crippen molar-refractivity contribution in [3.8, 4) is 0 Å². The lowest BCUT2D eigenvalue weighted by molar-refractivity contribution is -0.109. The first-order valence-electron chi connectivity index (χ1n) is 3.91. The summed E-state index contributed by atoms with van der Waals surface area (Å²) in [6.07, 6.45) is 3.50. The first kappa shape index (κ1) is 13.0.